The van der Waals surface area contributed by atoms with E-state index in [9.17, 15) is 0 Å². The predicted octanol–water partition coefficient (Wildman–Crippen LogP) is 4.55. The van der Waals surface area contributed by atoms with E-state index in [-0.39, 0.29) is 6.04 Å². The summed E-state index contributed by atoms with van der Waals surface area (Å²) in [5.74, 6) is 0. The molecule has 1 aromatic heterocycles. The largest absolute Gasteiger partial charge is 0.313 e. The smallest absolute Gasteiger partial charge is 0.0738 e. The molecule has 0 saturated carbocycles. The minimum atomic E-state index is 0.273. The van der Waals surface area contributed by atoms with Gasteiger partial charge in [-0.05, 0) is 60.9 Å². The van der Waals surface area contributed by atoms with Crippen molar-refractivity contribution in [2.45, 2.75) is 39.8 Å². The summed E-state index contributed by atoms with van der Waals surface area (Å²) in [6.45, 7) is 7.17. The highest BCUT2D eigenvalue weighted by atomic mass is 79.9. The molecule has 1 heterocycles. The second kappa shape index (κ2) is 7.07. The zero-order chi connectivity index (χ0) is 15.6. The Morgan fingerprint density at radius 3 is 2.57 bits per heavy atom. The second-order valence-corrected chi connectivity index (χ2v) is 6.86. The summed E-state index contributed by atoms with van der Waals surface area (Å²) in [4.78, 5) is 0. The molecule has 0 amide bonds. The molecule has 0 bridgehead atoms. The van der Waals surface area contributed by atoms with Crippen LogP contribution in [0.3, 0.4) is 0 Å². The van der Waals surface area contributed by atoms with Crippen LogP contribution in [0.4, 0.5) is 0 Å². The molecule has 5 heteroatoms. The average Bonchev–Trinajstić information content (AvgIpc) is 2.75. The van der Waals surface area contributed by atoms with Gasteiger partial charge in [-0.1, -0.05) is 28.1 Å². The monoisotopic (exact) mass is 413 g/mol. The van der Waals surface area contributed by atoms with Gasteiger partial charge in [0.2, 0.25) is 0 Å². The molecule has 1 aromatic carbocycles. The first-order valence-electron chi connectivity index (χ1n) is 7.13. The molecule has 0 aliphatic rings. The fourth-order valence-electron chi connectivity index (χ4n) is 2.53. The van der Waals surface area contributed by atoms with E-state index in [2.05, 4.69) is 79.0 Å². The number of halogens is 2. The Kier molecular flexibility index (Phi) is 5.63. The van der Waals surface area contributed by atoms with Crippen LogP contribution in [0, 0.1) is 13.8 Å². The number of benzene rings is 1. The van der Waals surface area contributed by atoms with Gasteiger partial charge in [-0.3, -0.25) is 4.68 Å². The maximum Gasteiger partial charge on any atom is 0.0738 e. The van der Waals surface area contributed by atoms with E-state index in [0.717, 1.165) is 27.6 Å². The summed E-state index contributed by atoms with van der Waals surface area (Å²) in [6, 6.07) is 6.80. The average molecular weight is 415 g/mol. The number of aryl methyl sites for hydroxylation is 3. The van der Waals surface area contributed by atoms with Gasteiger partial charge in [0.05, 0.1) is 15.9 Å². The minimum absolute atomic E-state index is 0.273. The lowest BCUT2D eigenvalue weighted by atomic mass is 10.00. The Morgan fingerprint density at radius 1 is 1.29 bits per heavy atom. The van der Waals surface area contributed by atoms with Gasteiger partial charge in [-0.2, -0.15) is 5.10 Å². The molecule has 1 N–H and O–H groups in total. The van der Waals surface area contributed by atoms with Gasteiger partial charge in [-0.25, -0.2) is 0 Å². The third-order valence-electron chi connectivity index (χ3n) is 3.78. The predicted molar refractivity (Wildman–Crippen MR) is 94.7 cm³/mol. The van der Waals surface area contributed by atoms with Gasteiger partial charge < -0.3 is 5.32 Å². The van der Waals surface area contributed by atoms with Crippen LogP contribution in [0.15, 0.2) is 27.1 Å². The number of rotatable bonds is 5. The zero-order valence-corrected chi connectivity index (χ0v) is 16.0. The highest BCUT2D eigenvalue weighted by molar-refractivity contribution is 9.10. The van der Waals surface area contributed by atoms with Crippen LogP contribution in [0.5, 0.6) is 0 Å². The number of aromatic nitrogens is 2. The molecule has 3 nitrogen and oxygen atoms in total. The fourth-order valence-corrected chi connectivity index (χ4v) is 3.22. The minimum Gasteiger partial charge on any atom is -0.313 e. The number of likely N-dealkylation sites (N-methyl/N-ethyl adjacent to an activating group) is 1. The summed E-state index contributed by atoms with van der Waals surface area (Å²) >= 11 is 7.24. The Labute approximate surface area is 143 Å². The van der Waals surface area contributed by atoms with Gasteiger partial charge in [0, 0.05) is 23.5 Å². The van der Waals surface area contributed by atoms with Crippen molar-refractivity contribution in [3.63, 3.8) is 0 Å². The molecule has 1 atom stereocenters. The van der Waals surface area contributed by atoms with E-state index < -0.39 is 0 Å². The van der Waals surface area contributed by atoms with Crippen molar-refractivity contribution >= 4 is 31.9 Å². The first-order valence-corrected chi connectivity index (χ1v) is 8.71. The molecule has 21 heavy (non-hydrogen) atoms. The lowest BCUT2D eigenvalue weighted by Gasteiger charge is -2.18. The SMILES string of the molecule is CCn1nc(C)c(Br)c1CC(NC)c1ccc(Br)c(C)c1. The maximum atomic E-state index is 4.58. The topological polar surface area (TPSA) is 29.9 Å². The molecule has 0 spiro atoms. The van der Waals surface area contributed by atoms with E-state index in [0.29, 0.717) is 0 Å². The standard InChI is InChI=1S/C16H21Br2N3/c1-5-21-15(16(18)11(3)20-21)9-14(19-4)12-6-7-13(17)10(2)8-12/h6-8,14,19H,5,9H2,1-4H3. The van der Waals surface area contributed by atoms with Crippen molar-refractivity contribution in [2.24, 2.45) is 0 Å². The van der Waals surface area contributed by atoms with E-state index >= 15 is 0 Å². The number of hydrogen-bond acceptors (Lipinski definition) is 2. The van der Waals surface area contributed by atoms with E-state index in [1.54, 1.807) is 0 Å². The quantitative estimate of drug-likeness (QED) is 0.777. The summed E-state index contributed by atoms with van der Waals surface area (Å²) in [7, 11) is 2.01. The Balaban J connectivity index is 2.33. The van der Waals surface area contributed by atoms with Crippen molar-refractivity contribution in [1.82, 2.24) is 15.1 Å². The molecule has 2 aromatic rings. The number of nitrogens with zero attached hydrogens (tertiary/aromatic N) is 2. The van der Waals surface area contributed by atoms with Gasteiger partial charge in [0.25, 0.3) is 0 Å². The van der Waals surface area contributed by atoms with Crippen LogP contribution in [0.1, 0.15) is 35.5 Å². The zero-order valence-electron chi connectivity index (χ0n) is 12.9. The van der Waals surface area contributed by atoms with Crippen molar-refractivity contribution in [3.8, 4) is 0 Å². The van der Waals surface area contributed by atoms with Crippen molar-refractivity contribution in [3.05, 3.63) is 49.7 Å². The number of hydrogen-bond donors (Lipinski definition) is 1. The van der Waals surface area contributed by atoms with Crippen LogP contribution < -0.4 is 5.32 Å². The third kappa shape index (κ3) is 3.58. The van der Waals surface area contributed by atoms with Crippen molar-refractivity contribution in [2.75, 3.05) is 7.05 Å². The molecule has 0 saturated heterocycles. The fraction of sp³-hybridized carbons (Fsp3) is 0.438. The Morgan fingerprint density at radius 2 is 2.00 bits per heavy atom. The maximum absolute atomic E-state index is 4.58. The first kappa shape index (κ1) is 16.7. The molecule has 0 radical (unpaired) electrons. The molecular weight excluding hydrogens is 394 g/mol. The lowest BCUT2D eigenvalue weighted by Crippen LogP contribution is -2.21. The molecule has 1 unspecified atom stereocenters. The van der Waals surface area contributed by atoms with E-state index in [1.165, 1.54) is 16.8 Å². The summed E-state index contributed by atoms with van der Waals surface area (Å²) < 4.78 is 4.35. The highest BCUT2D eigenvalue weighted by Crippen LogP contribution is 2.28. The molecule has 114 valence electrons. The van der Waals surface area contributed by atoms with Gasteiger partial charge >= 0.3 is 0 Å². The normalized spacial score (nSPS) is 12.7. The second-order valence-electron chi connectivity index (χ2n) is 5.22. The van der Waals surface area contributed by atoms with E-state index in [4.69, 9.17) is 0 Å². The van der Waals surface area contributed by atoms with Gasteiger partial charge in [-0.15, -0.1) is 0 Å². The summed E-state index contributed by atoms with van der Waals surface area (Å²) in [5.41, 5.74) is 4.85. The van der Waals surface area contributed by atoms with Crippen molar-refractivity contribution < 1.29 is 0 Å². The van der Waals surface area contributed by atoms with Crippen LogP contribution >= 0.6 is 31.9 Å². The van der Waals surface area contributed by atoms with Crippen LogP contribution in [-0.4, -0.2) is 16.8 Å². The Bertz CT molecular complexity index is 635. The number of nitrogens with one attached hydrogen (secondary N) is 1. The third-order valence-corrected chi connectivity index (χ3v) is 5.70. The molecule has 0 aliphatic heterocycles. The van der Waals surface area contributed by atoms with Gasteiger partial charge in [0.15, 0.2) is 0 Å². The van der Waals surface area contributed by atoms with Gasteiger partial charge in [0.1, 0.15) is 0 Å². The van der Waals surface area contributed by atoms with Crippen LogP contribution in [-0.2, 0) is 13.0 Å². The Hall–Kier alpha value is -0.650. The molecule has 0 fully saturated rings. The molecule has 0 aliphatic carbocycles. The molecule has 2 rings (SSSR count). The van der Waals surface area contributed by atoms with Crippen molar-refractivity contribution in [1.29, 1.82) is 0 Å². The summed E-state index contributed by atoms with van der Waals surface area (Å²) in [5, 5.41) is 8.00. The van der Waals surface area contributed by atoms with E-state index in [1.807, 2.05) is 14.0 Å². The lowest BCUT2D eigenvalue weighted by molar-refractivity contribution is 0.539. The molecular formula is C16H21Br2N3. The first-order chi connectivity index (χ1) is 9.97. The highest BCUT2D eigenvalue weighted by Gasteiger charge is 2.18. The van der Waals surface area contributed by atoms with Crippen LogP contribution in [0.2, 0.25) is 0 Å². The van der Waals surface area contributed by atoms with Crippen LogP contribution in [0.25, 0.3) is 0 Å². The summed E-state index contributed by atoms with van der Waals surface area (Å²) in [6.07, 6.45) is 0.910.